The molecule has 4 N–H and O–H groups in total. The summed E-state index contributed by atoms with van der Waals surface area (Å²) in [5, 5.41) is 20.3. The summed E-state index contributed by atoms with van der Waals surface area (Å²) in [7, 11) is 0. The van der Waals surface area contributed by atoms with Gasteiger partial charge in [-0.05, 0) is 35.4 Å². The van der Waals surface area contributed by atoms with E-state index in [2.05, 4.69) is 0 Å². The Morgan fingerprint density at radius 3 is 1.14 bits per heavy atom. The van der Waals surface area contributed by atoms with E-state index in [4.69, 9.17) is 11.5 Å². The van der Waals surface area contributed by atoms with Gasteiger partial charge in [0.05, 0.1) is 11.9 Å². The van der Waals surface area contributed by atoms with E-state index >= 15 is 0 Å². The molecule has 0 aliphatic carbocycles. The molecule has 0 aliphatic rings. The molecule has 0 aromatic heterocycles. The number of hydrogen-bond acceptors (Lipinski definition) is 6. The van der Waals surface area contributed by atoms with Crippen LogP contribution >= 0.6 is 0 Å². The van der Waals surface area contributed by atoms with Gasteiger partial charge in [0.2, 0.25) is 0 Å². The quantitative estimate of drug-likeness (QED) is 0.546. The van der Waals surface area contributed by atoms with Crippen molar-refractivity contribution in [1.82, 2.24) is 0 Å². The van der Waals surface area contributed by atoms with Gasteiger partial charge in [-0.1, -0.05) is 24.3 Å². The molecule has 0 fully saturated rings. The Bertz CT molecular complexity index is 552. The first kappa shape index (κ1) is 19.2. The predicted octanol–water partition coefficient (Wildman–Crippen LogP) is -0.891. The SMILES string of the molecule is Nc1ccc(C(=O)[O-])cc1.Nc1ccc(C(=O)[O-])cc1.[Ca+2].[H-].[H-]. The van der Waals surface area contributed by atoms with Crippen LogP contribution in [0.5, 0.6) is 0 Å². The number of rotatable bonds is 2. The average Bonchev–Trinajstić information content (AvgIpc) is 2.40. The molecule has 6 nitrogen and oxygen atoms in total. The number of anilines is 2. The molecule has 2 aromatic rings. The van der Waals surface area contributed by atoms with Crippen LogP contribution in [0.3, 0.4) is 0 Å². The third-order valence-corrected chi connectivity index (χ3v) is 2.29. The van der Waals surface area contributed by atoms with Gasteiger partial charge in [-0.2, -0.15) is 0 Å². The Balaban J connectivity index is -0.000000308. The fraction of sp³-hybridized carbons (Fsp3) is 0. The van der Waals surface area contributed by atoms with Gasteiger partial charge >= 0.3 is 37.7 Å². The first-order valence-electron chi connectivity index (χ1n) is 5.54. The zero-order valence-electron chi connectivity index (χ0n) is 13.1. The number of benzene rings is 2. The second-order valence-corrected chi connectivity index (χ2v) is 3.82. The van der Waals surface area contributed by atoms with Gasteiger partial charge < -0.3 is 34.1 Å². The standard InChI is InChI=1S/2C7H7NO2.Ca.2H/c2*8-6-3-1-5(2-4-6)7(9)10;;;/h2*1-4H,8H2,(H,9,10);;;/q;;+2;2*-1/p-2. The minimum absolute atomic E-state index is 0. The smallest absolute Gasteiger partial charge is 1.00 e. The summed E-state index contributed by atoms with van der Waals surface area (Å²) >= 11 is 0. The Kier molecular flexibility index (Phi) is 8.45. The van der Waals surface area contributed by atoms with E-state index in [0.717, 1.165) is 0 Å². The van der Waals surface area contributed by atoms with Crippen molar-refractivity contribution < 1.29 is 22.7 Å². The van der Waals surface area contributed by atoms with Gasteiger partial charge in [0.25, 0.3) is 0 Å². The zero-order valence-corrected chi connectivity index (χ0v) is 13.3. The molecule has 0 radical (unpaired) electrons. The van der Waals surface area contributed by atoms with E-state index in [1.165, 1.54) is 48.5 Å². The van der Waals surface area contributed by atoms with Crippen LogP contribution in [0.1, 0.15) is 23.6 Å². The fourth-order valence-electron chi connectivity index (χ4n) is 1.24. The molecule has 7 heteroatoms. The number of hydrogen-bond donors (Lipinski definition) is 2. The molecule has 2 aromatic carbocycles. The molecule has 21 heavy (non-hydrogen) atoms. The van der Waals surface area contributed by atoms with Crippen molar-refractivity contribution in [3.63, 3.8) is 0 Å². The normalized spacial score (nSPS) is 8.76. The molecule has 0 saturated heterocycles. The number of carboxylic acids is 2. The Morgan fingerprint density at radius 1 is 0.714 bits per heavy atom. The predicted molar refractivity (Wildman–Crippen MR) is 78.3 cm³/mol. The van der Waals surface area contributed by atoms with Crippen LogP contribution in [-0.4, -0.2) is 49.7 Å². The molecule has 0 spiro atoms. The van der Waals surface area contributed by atoms with Crippen molar-refractivity contribution in [2.24, 2.45) is 0 Å². The van der Waals surface area contributed by atoms with Crippen LogP contribution in [0.4, 0.5) is 11.4 Å². The van der Waals surface area contributed by atoms with Crippen LogP contribution in [0.15, 0.2) is 48.5 Å². The Hall–Kier alpha value is -1.76. The van der Waals surface area contributed by atoms with Crippen LogP contribution < -0.4 is 21.7 Å². The van der Waals surface area contributed by atoms with Crippen molar-refractivity contribution in [3.05, 3.63) is 59.7 Å². The van der Waals surface area contributed by atoms with Gasteiger partial charge in [-0.25, -0.2) is 0 Å². The zero-order chi connectivity index (χ0) is 15.1. The van der Waals surface area contributed by atoms with Crippen LogP contribution in [0.2, 0.25) is 0 Å². The summed E-state index contributed by atoms with van der Waals surface area (Å²) in [6.07, 6.45) is 0. The summed E-state index contributed by atoms with van der Waals surface area (Å²) in [4.78, 5) is 20.3. The summed E-state index contributed by atoms with van der Waals surface area (Å²) in [6.45, 7) is 0. The van der Waals surface area contributed by atoms with Crippen LogP contribution in [0, 0.1) is 0 Å². The maximum Gasteiger partial charge on any atom is 2.00 e. The maximum absolute atomic E-state index is 10.2. The number of carboxylic acid groups (broad SMARTS) is 2. The Morgan fingerprint density at radius 2 is 0.952 bits per heavy atom. The molecule has 0 atom stereocenters. The molecule has 108 valence electrons. The molecular formula is C14H14CaN2O4-2. The maximum atomic E-state index is 10.2. The van der Waals surface area contributed by atoms with Crippen molar-refractivity contribution >= 4 is 61.1 Å². The molecule has 2 rings (SSSR count). The second kappa shape index (κ2) is 9.23. The van der Waals surface area contributed by atoms with Crippen molar-refractivity contribution in [2.75, 3.05) is 11.5 Å². The van der Waals surface area contributed by atoms with E-state index in [1.54, 1.807) is 0 Å². The minimum Gasteiger partial charge on any atom is -1.00 e. The van der Waals surface area contributed by atoms with Crippen LogP contribution in [-0.2, 0) is 0 Å². The Labute approximate surface area is 154 Å². The number of nitrogen functional groups attached to an aromatic ring is 2. The number of carbonyl (C=O) groups excluding carboxylic acids is 2. The molecule has 0 aliphatic heterocycles. The van der Waals surface area contributed by atoms with E-state index < -0.39 is 11.9 Å². The molecule has 0 amide bonds. The molecule has 0 saturated carbocycles. The molecule has 0 unspecified atom stereocenters. The number of nitrogens with two attached hydrogens (primary N) is 2. The van der Waals surface area contributed by atoms with Crippen molar-refractivity contribution in [3.8, 4) is 0 Å². The first-order chi connectivity index (χ1) is 9.40. The number of aromatic carboxylic acids is 2. The van der Waals surface area contributed by atoms with Gasteiger partial charge in [0, 0.05) is 11.4 Å². The van der Waals surface area contributed by atoms with E-state index in [9.17, 15) is 19.8 Å². The first-order valence-corrected chi connectivity index (χ1v) is 5.54. The fourth-order valence-corrected chi connectivity index (χ4v) is 1.24. The minimum atomic E-state index is -1.18. The van der Waals surface area contributed by atoms with Gasteiger partial charge in [0.15, 0.2) is 0 Å². The third kappa shape index (κ3) is 6.99. The second-order valence-electron chi connectivity index (χ2n) is 3.82. The van der Waals surface area contributed by atoms with Gasteiger partial charge in [-0.15, -0.1) is 0 Å². The topological polar surface area (TPSA) is 132 Å². The summed E-state index contributed by atoms with van der Waals surface area (Å²) in [5.41, 5.74) is 12.0. The molecular weight excluding hydrogens is 300 g/mol. The van der Waals surface area contributed by atoms with E-state index in [1.807, 2.05) is 0 Å². The van der Waals surface area contributed by atoms with Crippen molar-refractivity contribution in [2.45, 2.75) is 0 Å². The number of carbonyl (C=O) groups is 2. The summed E-state index contributed by atoms with van der Waals surface area (Å²) < 4.78 is 0. The largest absolute Gasteiger partial charge is 2.00 e. The van der Waals surface area contributed by atoms with E-state index in [0.29, 0.717) is 11.4 Å². The molecule has 0 bridgehead atoms. The van der Waals surface area contributed by atoms with Crippen molar-refractivity contribution in [1.29, 1.82) is 0 Å². The monoisotopic (exact) mass is 314 g/mol. The molecule has 0 heterocycles. The average molecular weight is 314 g/mol. The van der Waals surface area contributed by atoms with Gasteiger partial charge in [-0.3, -0.25) is 0 Å². The van der Waals surface area contributed by atoms with Gasteiger partial charge in [0.1, 0.15) is 0 Å². The van der Waals surface area contributed by atoms with Crippen LogP contribution in [0.25, 0.3) is 0 Å². The van der Waals surface area contributed by atoms with E-state index in [-0.39, 0.29) is 51.7 Å². The third-order valence-electron chi connectivity index (χ3n) is 2.29. The summed E-state index contributed by atoms with van der Waals surface area (Å²) in [6, 6.07) is 11.7. The summed E-state index contributed by atoms with van der Waals surface area (Å²) in [5.74, 6) is -2.36.